The fourth-order valence-electron chi connectivity index (χ4n) is 3.28. The Morgan fingerprint density at radius 1 is 1.15 bits per heavy atom. The Hall–Kier alpha value is -1.64. The minimum atomic E-state index is -0.873. The van der Waals surface area contributed by atoms with Gasteiger partial charge in [0, 0.05) is 5.46 Å². The van der Waals surface area contributed by atoms with Gasteiger partial charge in [0.15, 0.2) is 0 Å². The van der Waals surface area contributed by atoms with E-state index in [1.807, 2.05) is 27.7 Å². The first-order valence-corrected chi connectivity index (χ1v) is 8.66. The number of aliphatic hydroxyl groups is 1. The van der Waals surface area contributed by atoms with Gasteiger partial charge in [-0.05, 0) is 58.7 Å². The van der Waals surface area contributed by atoms with Crippen molar-refractivity contribution in [3.63, 3.8) is 0 Å². The van der Waals surface area contributed by atoms with Gasteiger partial charge in [-0.1, -0.05) is 6.07 Å². The van der Waals surface area contributed by atoms with E-state index in [1.165, 1.54) is 12.1 Å². The third-order valence-electron chi connectivity index (χ3n) is 5.56. The van der Waals surface area contributed by atoms with Crippen molar-refractivity contribution in [3.8, 4) is 0 Å². The van der Waals surface area contributed by atoms with Gasteiger partial charge in [-0.15, -0.1) is 0 Å². The fourth-order valence-corrected chi connectivity index (χ4v) is 3.28. The lowest BCUT2D eigenvalue weighted by Gasteiger charge is -2.32. The van der Waals surface area contributed by atoms with Crippen molar-refractivity contribution in [2.24, 2.45) is 0 Å². The number of ether oxygens (including phenoxy) is 1. The summed E-state index contributed by atoms with van der Waals surface area (Å²) in [6.07, 6.45) is -0.570. The lowest BCUT2D eigenvalue weighted by Crippen LogP contribution is -2.41. The van der Waals surface area contributed by atoms with Crippen molar-refractivity contribution < 1.29 is 28.3 Å². The second kappa shape index (κ2) is 5.94. The highest BCUT2D eigenvalue weighted by molar-refractivity contribution is 6.62. The van der Waals surface area contributed by atoms with Gasteiger partial charge in [-0.25, -0.2) is 9.18 Å². The number of amides is 1. The van der Waals surface area contributed by atoms with E-state index in [2.05, 4.69) is 5.32 Å². The predicted octanol–water partition coefficient (Wildman–Crippen LogP) is 2.18. The summed E-state index contributed by atoms with van der Waals surface area (Å²) in [5, 5.41) is 12.5. The Balaban J connectivity index is 2.01. The normalized spacial score (nSPS) is 25.9. The van der Waals surface area contributed by atoms with Crippen LogP contribution in [0, 0.1) is 5.82 Å². The molecule has 0 aromatic heterocycles. The maximum Gasteiger partial charge on any atom is 0.497 e. The minimum absolute atomic E-state index is 0.222. The van der Waals surface area contributed by atoms with Crippen LogP contribution in [0.2, 0.25) is 0 Å². The summed E-state index contributed by atoms with van der Waals surface area (Å²) < 4.78 is 32.0. The van der Waals surface area contributed by atoms with Crippen LogP contribution in [-0.4, -0.2) is 35.1 Å². The van der Waals surface area contributed by atoms with Crippen LogP contribution >= 0.6 is 0 Å². The van der Waals surface area contributed by atoms with E-state index in [0.717, 1.165) is 0 Å². The molecule has 1 aromatic rings. The van der Waals surface area contributed by atoms with E-state index in [-0.39, 0.29) is 12.1 Å². The van der Waals surface area contributed by atoms with E-state index in [1.54, 1.807) is 13.8 Å². The van der Waals surface area contributed by atoms with Gasteiger partial charge in [0.2, 0.25) is 0 Å². The van der Waals surface area contributed by atoms with Crippen LogP contribution in [0.5, 0.6) is 0 Å². The number of hydrogen-bond acceptors (Lipinski definition) is 5. The van der Waals surface area contributed by atoms with E-state index < -0.39 is 41.9 Å². The number of aliphatic hydroxyl groups excluding tert-OH is 1. The molecule has 0 spiro atoms. The standard InChI is InChI=1S/C18H25BFNO5/c1-16(2)14(21-15(23)24-16)11-8-13(20)12(7-10(11)9-22)19-25-17(3,4)18(5,6)26-19/h7-8,14,22H,9H2,1-6H3,(H,21,23). The van der Waals surface area contributed by atoms with Gasteiger partial charge < -0.3 is 24.5 Å². The van der Waals surface area contributed by atoms with Gasteiger partial charge in [0.1, 0.15) is 11.4 Å². The number of carbonyl (C=O) groups excluding carboxylic acids is 1. The van der Waals surface area contributed by atoms with Crippen molar-refractivity contribution in [2.75, 3.05) is 0 Å². The number of alkyl carbamates (subject to hydrolysis) is 1. The fraction of sp³-hybridized carbons (Fsp3) is 0.611. The molecular weight excluding hydrogens is 340 g/mol. The van der Waals surface area contributed by atoms with Gasteiger partial charge in [0.05, 0.1) is 23.9 Å². The first kappa shape index (κ1) is 19.1. The lowest BCUT2D eigenvalue weighted by molar-refractivity contribution is 0.00578. The molecule has 26 heavy (non-hydrogen) atoms. The smallest absolute Gasteiger partial charge is 0.441 e. The number of hydrogen-bond donors (Lipinski definition) is 2. The third-order valence-corrected chi connectivity index (χ3v) is 5.56. The van der Waals surface area contributed by atoms with Crippen LogP contribution < -0.4 is 10.8 Å². The molecule has 2 fully saturated rings. The molecule has 6 nitrogen and oxygen atoms in total. The summed E-state index contributed by atoms with van der Waals surface area (Å²) in [4.78, 5) is 11.6. The number of cyclic esters (lactones) is 1. The highest BCUT2D eigenvalue weighted by Gasteiger charge is 2.53. The van der Waals surface area contributed by atoms with Crippen molar-refractivity contribution in [1.82, 2.24) is 5.32 Å². The van der Waals surface area contributed by atoms with Crippen molar-refractivity contribution >= 4 is 18.7 Å². The molecule has 3 rings (SSSR count). The molecule has 1 atom stereocenters. The zero-order valence-corrected chi connectivity index (χ0v) is 16.0. The Kier molecular flexibility index (Phi) is 4.37. The van der Waals surface area contributed by atoms with Gasteiger partial charge in [0.25, 0.3) is 0 Å². The van der Waals surface area contributed by atoms with Crippen molar-refractivity contribution in [3.05, 3.63) is 29.1 Å². The third kappa shape index (κ3) is 3.00. The molecule has 1 amide bonds. The number of benzene rings is 1. The Bertz CT molecular complexity index is 733. The van der Waals surface area contributed by atoms with E-state index >= 15 is 0 Å². The summed E-state index contributed by atoms with van der Waals surface area (Å²) in [5.74, 6) is -0.521. The molecule has 2 heterocycles. The molecule has 0 bridgehead atoms. The quantitative estimate of drug-likeness (QED) is 0.803. The zero-order valence-electron chi connectivity index (χ0n) is 16.0. The molecule has 2 N–H and O–H groups in total. The van der Waals surface area contributed by atoms with Crippen LogP contribution in [0.4, 0.5) is 9.18 Å². The van der Waals surface area contributed by atoms with Gasteiger partial charge in [-0.3, -0.25) is 0 Å². The number of halogens is 1. The summed E-state index contributed by atoms with van der Waals surface area (Å²) >= 11 is 0. The average Bonchev–Trinajstić information content (AvgIpc) is 2.89. The molecular formula is C18H25BFNO5. The van der Waals surface area contributed by atoms with Crippen LogP contribution in [0.15, 0.2) is 12.1 Å². The van der Waals surface area contributed by atoms with Crippen LogP contribution in [0.1, 0.15) is 58.7 Å². The molecule has 8 heteroatoms. The molecule has 2 aliphatic rings. The van der Waals surface area contributed by atoms with Crippen molar-refractivity contribution in [1.29, 1.82) is 0 Å². The van der Waals surface area contributed by atoms with Crippen LogP contribution in [-0.2, 0) is 20.7 Å². The molecule has 1 unspecified atom stereocenters. The van der Waals surface area contributed by atoms with Crippen LogP contribution in [0.3, 0.4) is 0 Å². The summed E-state index contributed by atoms with van der Waals surface area (Å²) in [6, 6.07) is 2.28. The molecule has 2 saturated heterocycles. The first-order chi connectivity index (χ1) is 11.9. The van der Waals surface area contributed by atoms with Crippen LogP contribution in [0.25, 0.3) is 0 Å². The number of rotatable bonds is 3. The predicted molar refractivity (Wildman–Crippen MR) is 94.5 cm³/mol. The highest BCUT2D eigenvalue weighted by atomic mass is 19.1. The molecule has 1 aromatic carbocycles. The van der Waals surface area contributed by atoms with E-state index in [0.29, 0.717) is 11.1 Å². The molecule has 142 valence electrons. The van der Waals surface area contributed by atoms with Gasteiger partial charge >= 0.3 is 13.2 Å². The zero-order chi connectivity index (χ0) is 19.5. The highest BCUT2D eigenvalue weighted by Crippen LogP contribution is 2.38. The maximum atomic E-state index is 14.9. The summed E-state index contributed by atoms with van der Waals surface area (Å²) in [5.41, 5.74) is -0.880. The second-order valence-corrected chi connectivity index (χ2v) is 8.39. The molecule has 2 aliphatic heterocycles. The Labute approximate surface area is 153 Å². The number of carbonyl (C=O) groups is 1. The Morgan fingerprint density at radius 3 is 2.19 bits per heavy atom. The lowest BCUT2D eigenvalue weighted by atomic mass is 9.76. The summed E-state index contributed by atoms with van der Waals surface area (Å²) in [6.45, 7) is 10.7. The maximum absolute atomic E-state index is 14.9. The minimum Gasteiger partial charge on any atom is -0.441 e. The first-order valence-electron chi connectivity index (χ1n) is 8.66. The second-order valence-electron chi connectivity index (χ2n) is 8.39. The van der Waals surface area contributed by atoms with E-state index in [4.69, 9.17) is 14.0 Å². The monoisotopic (exact) mass is 365 g/mol. The molecule has 0 radical (unpaired) electrons. The Morgan fingerprint density at radius 2 is 1.73 bits per heavy atom. The number of nitrogens with one attached hydrogen (secondary N) is 1. The SMILES string of the molecule is CC1(C)OC(=O)NC1c1cc(F)c(B2OC(C)(C)C(C)(C)O2)cc1CO. The largest absolute Gasteiger partial charge is 0.497 e. The molecule has 0 saturated carbocycles. The van der Waals surface area contributed by atoms with E-state index in [9.17, 15) is 14.3 Å². The molecule has 0 aliphatic carbocycles. The topological polar surface area (TPSA) is 77.0 Å². The summed E-state index contributed by atoms with van der Waals surface area (Å²) in [7, 11) is -0.873. The van der Waals surface area contributed by atoms with Gasteiger partial charge in [-0.2, -0.15) is 0 Å². The van der Waals surface area contributed by atoms with Crippen molar-refractivity contribution in [2.45, 2.75) is 71.0 Å². The average molecular weight is 365 g/mol.